The molecule has 1 unspecified atom stereocenters. The van der Waals surface area contributed by atoms with Crippen LogP contribution in [-0.4, -0.2) is 40.4 Å². The number of anilines is 1. The average Bonchev–Trinajstić information content (AvgIpc) is 3.21. The van der Waals surface area contributed by atoms with Gasteiger partial charge < -0.3 is 20.1 Å². The molecule has 4 rings (SSSR count). The highest BCUT2D eigenvalue weighted by Crippen LogP contribution is 2.23. The average molecular weight is 394 g/mol. The molecule has 150 valence electrons. The van der Waals surface area contributed by atoms with Gasteiger partial charge in [0.1, 0.15) is 6.04 Å². The van der Waals surface area contributed by atoms with Crippen LogP contribution >= 0.6 is 0 Å². The molecule has 2 aliphatic rings. The maximum absolute atomic E-state index is 12.9. The van der Waals surface area contributed by atoms with E-state index in [0.717, 1.165) is 24.0 Å². The van der Waals surface area contributed by atoms with Crippen molar-refractivity contribution in [2.45, 2.75) is 38.5 Å². The lowest BCUT2D eigenvalue weighted by Gasteiger charge is -2.33. The van der Waals surface area contributed by atoms with Gasteiger partial charge in [0.05, 0.1) is 13.2 Å². The number of carbonyl (C=O) groups is 3. The molecule has 7 nitrogen and oxygen atoms in total. The molecule has 0 bridgehead atoms. The zero-order chi connectivity index (χ0) is 20.4. The Morgan fingerprint density at radius 3 is 2.66 bits per heavy atom. The first kappa shape index (κ1) is 19.1. The van der Waals surface area contributed by atoms with E-state index in [1.54, 1.807) is 30.3 Å². The van der Waals surface area contributed by atoms with Gasteiger partial charge in [0, 0.05) is 23.4 Å². The van der Waals surface area contributed by atoms with Gasteiger partial charge in [0.15, 0.2) is 0 Å². The second-order valence-electron chi connectivity index (χ2n) is 7.36. The maximum atomic E-state index is 12.9. The third-order valence-electron chi connectivity index (χ3n) is 5.40. The lowest BCUT2D eigenvalue weighted by molar-refractivity contribution is -0.143. The van der Waals surface area contributed by atoms with E-state index in [2.05, 4.69) is 5.32 Å². The summed E-state index contributed by atoms with van der Waals surface area (Å²) in [6.07, 6.45) is 2.04. The molecule has 29 heavy (non-hydrogen) atoms. The largest absolute Gasteiger partial charge is 0.480 e. The Kier molecular flexibility index (Phi) is 5.31. The molecule has 2 N–H and O–H groups in total. The first-order valence-electron chi connectivity index (χ1n) is 9.67. The highest BCUT2D eigenvalue weighted by Gasteiger charge is 2.32. The number of piperidine rings is 1. The number of carboxylic acids is 1. The van der Waals surface area contributed by atoms with Gasteiger partial charge in [0.2, 0.25) is 0 Å². The molecule has 2 aromatic rings. The minimum absolute atomic E-state index is 0.273. The van der Waals surface area contributed by atoms with Gasteiger partial charge in [-0.25, -0.2) is 4.79 Å². The van der Waals surface area contributed by atoms with Gasteiger partial charge >= 0.3 is 5.97 Å². The second kappa shape index (κ2) is 8.05. The molecule has 2 aromatic carbocycles. The summed E-state index contributed by atoms with van der Waals surface area (Å²) in [5.74, 6) is -1.59. The fraction of sp³-hybridized carbons (Fsp3) is 0.318. The van der Waals surface area contributed by atoms with Crippen molar-refractivity contribution in [2.24, 2.45) is 0 Å². The summed E-state index contributed by atoms with van der Waals surface area (Å²) in [5, 5.41) is 12.2. The smallest absolute Gasteiger partial charge is 0.326 e. The highest BCUT2D eigenvalue weighted by molar-refractivity contribution is 6.05. The Morgan fingerprint density at radius 1 is 1.00 bits per heavy atom. The van der Waals surface area contributed by atoms with Crippen molar-refractivity contribution < 1.29 is 24.2 Å². The quantitative estimate of drug-likeness (QED) is 0.831. The van der Waals surface area contributed by atoms with Crippen molar-refractivity contribution in [3.63, 3.8) is 0 Å². The third kappa shape index (κ3) is 4.00. The van der Waals surface area contributed by atoms with Crippen LogP contribution in [0.2, 0.25) is 0 Å². The van der Waals surface area contributed by atoms with Crippen molar-refractivity contribution in [3.8, 4) is 0 Å². The second-order valence-corrected chi connectivity index (χ2v) is 7.36. The molecule has 2 heterocycles. The number of hydrogen-bond acceptors (Lipinski definition) is 4. The lowest BCUT2D eigenvalue weighted by Crippen LogP contribution is -2.48. The predicted molar refractivity (Wildman–Crippen MR) is 106 cm³/mol. The van der Waals surface area contributed by atoms with Crippen LogP contribution in [0.15, 0.2) is 42.5 Å². The van der Waals surface area contributed by atoms with E-state index >= 15 is 0 Å². The molecule has 2 amide bonds. The molecule has 1 saturated heterocycles. The van der Waals surface area contributed by atoms with E-state index in [0.29, 0.717) is 43.0 Å². The van der Waals surface area contributed by atoms with Crippen molar-refractivity contribution >= 4 is 23.5 Å². The molecule has 2 aliphatic heterocycles. The molecule has 1 fully saturated rings. The van der Waals surface area contributed by atoms with E-state index in [4.69, 9.17) is 4.74 Å². The van der Waals surface area contributed by atoms with Gasteiger partial charge in [-0.1, -0.05) is 12.1 Å². The summed E-state index contributed by atoms with van der Waals surface area (Å²) in [5.41, 5.74) is 3.46. The van der Waals surface area contributed by atoms with Crippen molar-refractivity contribution in [1.29, 1.82) is 0 Å². The number of amides is 2. The number of likely N-dealkylation sites (tertiary alicyclic amines) is 1. The fourth-order valence-corrected chi connectivity index (χ4v) is 3.84. The first-order valence-corrected chi connectivity index (χ1v) is 9.67. The van der Waals surface area contributed by atoms with Crippen LogP contribution in [0.4, 0.5) is 5.69 Å². The van der Waals surface area contributed by atoms with E-state index in [-0.39, 0.29) is 11.8 Å². The minimum atomic E-state index is -0.983. The first-order chi connectivity index (χ1) is 14.0. The molecule has 0 radical (unpaired) electrons. The number of aliphatic carboxylic acids is 1. The standard InChI is InChI=1S/C22H22N2O5/c25-20(14-7-8-16-12-29-13-17(16)10-14)23-18-5-3-4-15(11-18)21(26)24-9-2-1-6-19(24)22(27)28/h3-5,7-8,10-11,19H,1-2,6,9,12-13H2,(H,23,25)(H,27,28). The van der Waals surface area contributed by atoms with E-state index in [1.165, 1.54) is 4.90 Å². The lowest BCUT2D eigenvalue weighted by atomic mass is 10.0. The van der Waals surface area contributed by atoms with Gasteiger partial charge in [-0.15, -0.1) is 0 Å². The van der Waals surface area contributed by atoms with Crippen LogP contribution < -0.4 is 5.32 Å². The summed E-state index contributed by atoms with van der Waals surface area (Å²) in [7, 11) is 0. The number of carboxylic acid groups (broad SMARTS) is 1. The number of nitrogens with zero attached hydrogens (tertiary/aromatic N) is 1. The maximum Gasteiger partial charge on any atom is 0.326 e. The number of hydrogen-bond donors (Lipinski definition) is 2. The highest BCUT2D eigenvalue weighted by atomic mass is 16.5. The Balaban J connectivity index is 1.50. The molecule has 7 heteroatoms. The summed E-state index contributed by atoms with van der Waals surface area (Å²) < 4.78 is 5.38. The Labute approximate surface area is 168 Å². The van der Waals surface area contributed by atoms with Crippen molar-refractivity contribution in [3.05, 3.63) is 64.7 Å². The summed E-state index contributed by atoms with van der Waals surface area (Å²) >= 11 is 0. The minimum Gasteiger partial charge on any atom is -0.480 e. The summed E-state index contributed by atoms with van der Waals surface area (Å²) in [6, 6.07) is 11.3. The Hall–Kier alpha value is -3.19. The molecule has 0 saturated carbocycles. The summed E-state index contributed by atoms with van der Waals surface area (Å²) in [4.78, 5) is 38.4. The zero-order valence-electron chi connectivity index (χ0n) is 15.9. The molecule has 0 aliphatic carbocycles. The van der Waals surface area contributed by atoms with Crippen LogP contribution in [-0.2, 0) is 22.7 Å². The van der Waals surface area contributed by atoms with Crippen LogP contribution in [0.3, 0.4) is 0 Å². The van der Waals surface area contributed by atoms with Crippen molar-refractivity contribution in [2.75, 3.05) is 11.9 Å². The van der Waals surface area contributed by atoms with Crippen LogP contribution in [0.25, 0.3) is 0 Å². The fourth-order valence-electron chi connectivity index (χ4n) is 3.84. The van der Waals surface area contributed by atoms with Crippen LogP contribution in [0.1, 0.15) is 51.1 Å². The third-order valence-corrected chi connectivity index (χ3v) is 5.40. The van der Waals surface area contributed by atoms with Crippen LogP contribution in [0.5, 0.6) is 0 Å². The van der Waals surface area contributed by atoms with Gasteiger partial charge in [0.25, 0.3) is 11.8 Å². The topological polar surface area (TPSA) is 95.9 Å². The SMILES string of the molecule is O=C(Nc1cccc(C(=O)N2CCCCC2C(=O)O)c1)c1ccc2c(c1)COC2. The number of nitrogens with one attached hydrogen (secondary N) is 1. The number of benzene rings is 2. The van der Waals surface area contributed by atoms with Gasteiger partial charge in [-0.05, 0) is 60.7 Å². The van der Waals surface area contributed by atoms with E-state index < -0.39 is 12.0 Å². The number of carbonyl (C=O) groups excluding carboxylic acids is 2. The van der Waals surface area contributed by atoms with E-state index in [9.17, 15) is 19.5 Å². The van der Waals surface area contributed by atoms with Crippen LogP contribution in [0, 0.1) is 0 Å². The zero-order valence-corrected chi connectivity index (χ0v) is 15.9. The predicted octanol–water partition coefficient (Wildman–Crippen LogP) is 3.05. The normalized spacial score (nSPS) is 18.2. The van der Waals surface area contributed by atoms with Gasteiger partial charge in [-0.2, -0.15) is 0 Å². The molecule has 0 aromatic heterocycles. The molecular weight excluding hydrogens is 372 g/mol. The van der Waals surface area contributed by atoms with Gasteiger partial charge in [-0.3, -0.25) is 9.59 Å². The Morgan fingerprint density at radius 2 is 1.83 bits per heavy atom. The number of ether oxygens (including phenoxy) is 1. The van der Waals surface area contributed by atoms with E-state index in [1.807, 2.05) is 12.1 Å². The molecule has 0 spiro atoms. The Bertz CT molecular complexity index is 971. The number of fused-ring (bicyclic) bond motifs is 1. The number of rotatable bonds is 4. The summed E-state index contributed by atoms with van der Waals surface area (Å²) in [6.45, 7) is 1.49. The van der Waals surface area contributed by atoms with Crippen molar-refractivity contribution in [1.82, 2.24) is 4.90 Å². The molecule has 1 atom stereocenters. The monoisotopic (exact) mass is 394 g/mol. The molecular formula is C22H22N2O5.